The number of para-hydroxylation sites is 1. The van der Waals surface area contributed by atoms with Crippen LogP contribution in [0.1, 0.15) is 24.4 Å². The molecule has 0 radical (unpaired) electrons. The van der Waals surface area contributed by atoms with Crippen LogP contribution in [0.2, 0.25) is 25.7 Å². The second-order valence-electron chi connectivity index (χ2n) is 14.6. The highest BCUT2D eigenvalue weighted by molar-refractivity contribution is 7.92. The fraction of sp³-hybridized carbons (Fsp3) is 0.250. The zero-order chi connectivity index (χ0) is 38.9. The highest BCUT2D eigenvalue weighted by Gasteiger charge is 2.24. The van der Waals surface area contributed by atoms with Crippen molar-refractivity contribution in [3.63, 3.8) is 0 Å². The maximum Gasteiger partial charge on any atom is 0.282 e. The molecule has 4 aromatic heterocycles. The van der Waals surface area contributed by atoms with E-state index in [1.165, 1.54) is 25.6 Å². The predicted molar refractivity (Wildman–Crippen MR) is 218 cm³/mol. The lowest BCUT2D eigenvalue weighted by Crippen LogP contribution is -2.29. The molecule has 0 spiro atoms. The molecule has 0 bridgehead atoms. The van der Waals surface area contributed by atoms with E-state index >= 15 is 0 Å². The summed E-state index contributed by atoms with van der Waals surface area (Å²) in [4.78, 5) is 23.6. The molecule has 0 aliphatic rings. The third-order valence-corrected chi connectivity index (χ3v) is 12.4. The van der Waals surface area contributed by atoms with Gasteiger partial charge in [0.15, 0.2) is 5.82 Å². The Hall–Kier alpha value is -5.77. The summed E-state index contributed by atoms with van der Waals surface area (Å²) in [5, 5.41) is 9.17. The molecule has 4 heterocycles. The Morgan fingerprint density at radius 2 is 1.71 bits per heavy atom. The third-order valence-electron chi connectivity index (χ3n) is 9.34. The van der Waals surface area contributed by atoms with Gasteiger partial charge in [-0.05, 0) is 85.6 Å². The SMILES string of the molecule is COc1ccc(S(=O)(=O)Nc2cccc(-c3cn(COCC[Si](C)(C)C)c4ncnc(NC(C)c5nn6ccc(C)c6c(=O)n5-c5ccccc5)c34)c2)cc1. The van der Waals surface area contributed by atoms with Crippen LogP contribution in [0.5, 0.6) is 5.75 Å². The van der Waals surface area contributed by atoms with E-state index < -0.39 is 24.1 Å². The molecule has 15 heteroatoms. The first-order valence-electron chi connectivity index (χ1n) is 17.9. The van der Waals surface area contributed by atoms with Gasteiger partial charge in [0.2, 0.25) is 0 Å². The summed E-state index contributed by atoms with van der Waals surface area (Å²) >= 11 is 0. The Morgan fingerprint density at radius 1 is 0.945 bits per heavy atom. The van der Waals surface area contributed by atoms with Crippen molar-refractivity contribution < 1.29 is 17.9 Å². The number of ether oxygens (including phenoxy) is 2. The summed E-state index contributed by atoms with van der Waals surface area (Å²) in [6, 6.07) is 25.2. The second-order valence-corrected chi connectivity index (χ2v) is 21.9. The molecule has 1 atom stereocenters. The van der Waals surface area contributed by atoms with Gasteiger partial charge in [-0.2, -0.15) is 5.10 Å². The molecule has 0 fully saturated rings. The first-order valence-corrected chi connectivity index (χ1v) is 23.1. The fourth-order valence-electron chi connectivity index (χ4n) is 6.42. The smallest absolute Gasteiger partial charge is 0.282 e. The number of nitrogens with zero attached hydrogens (tertiary/aromatic N) is 6. The van der Waals surface area contributed by atoms with Crippen LogP contribution >= 0.6 is 0 Å². The maximum atomic E-state index is 14.1. The van der Waals surface area contributed by atoms with Crippen LogP contribution < -0.4 is 20.3 Å². The van der Waals surface area contributed by atoms with Gasteiger partial charge in [-0.15, -0.1) is 0 Å². The number of aromatic nitrogens is 6. The monoisotopic (exact) mass is 776 g/mol. The molecule has 0 amide bonds. The molecule has 0 aliphatic heterocycles. The molecule has 1 unspecified atom stereocenters. The van der Waals surface area contributed by atoms with E-state index in [1.807, 2.05) is 67.1 Å². The van der Waals surface area contributed by atoms with Crippen LogP contribution in [0.3, 0.4) is 0 Å². The Bertz CT molecular complexity index is 2650. The van der Waals surface area contributed by atoms with E-state index in [0.717, 1.165) is 22.7 Å². The van der Waals surface area contributed by atoms with Crippen LogP contribution in [0, 0.1) is 6.92 Å². The summed E-state index contributed by atoms with van der Waals surface area (Å²) in [7, 11) is -3.70. The molecule has 284 valence electrons. The molecule has 2 N–H and O–H groups in total. The average molecular weight is 777 g/mol. The van der Waals surface area contributed by atoms with Gasteiger partial charge in [-0.1, -0.05) is 50.0 Å². The fourth-order valence-corrected chi connectivity index (χ4v) is 8.23. The number of nitrogens with one attached hydrogen (secondary N) is 2. The number of anilines is 2. The van der Waals surface area contributed by atoms with E-state index in [0.29, 0.717) is 51.9 Å². The van der Waals surface area contributed by atoms with E-state index in [1.54, 1.807) is 45.6 Å². The van der Waals surface area contributed by atoms with Crippen molar-refractivity contribution in [1.82, 2.24) is 28.7 Å². The van der Waals surface area contributed by atoms with Crippen LogP contribution in [0.4, 0.5) is 11.5 Å². The van der Waals surface area contributed by atoms with Crippen molar-refractivity contribution in [1.29, 1.82) is 0 Å². The minimum Gasteiger partial charge on any atom is -0.497 e. The lowest BCUT2D eigenvalue weighted by molar-refractivity contribution is 0.0899. The lowest BCUT2D eigenvalue weighted by Gasteiger charge is -2.20. The molecule has 0 saturated carbocycles. The molecule has 55 heavy (non-hydrogen) atoms. The quantitative estimate of drug-likeness (QED) is 0.0847. The first kappa shape index (κ1) is 37.5. The van der Waals surface area contributed by atoms with Crippen molar-refractivity contribution >= 4 is 46.2 Å². The van der Waals surface area contributed by atoms with Crippen LogP contribution in [0.15, 0.2) is 113 Å². The van der Waals surface area contributed by atoms with E-state index in [9.17, 15) is 13.2 Å². The standard InChI is InChI=1S/C40H44N8O5SSi/c1-27-19-20-47-36(27)40(49)48(31-13-8-7-9-14-31)38(44-47)28(2)43-37-35-34(24-46(39(35)42-25-41-37)26-53-21-22-55(4,5)6)29-11-10-12-30(23-29)45-54(50,51)33-17-15-32(52-3)16-18-33/h7-20,23-25,28,45H,21-22,26H2,1-6H3,(H,41,42,43). The number of sulfonamides is 1. The average Bonchev–Trinajstić information content (AvgIpc) is 3.74. The molecule has 13 nitrogen and oxygen atoms in total. The van der Waals surface area contributed by atoms with Crippen molar-refractivity contribution in [2.24, 2.45) is 0 Å². The Morgan fingerprint density at radius 3 is 2.44 bits per heavy atom. The van der Waals surface area contributed by atoms with Crippen molar-refractivity contribution in [3.8, 4) is 22.6 Å². The predicted octanol–water partition coefficient (Wildman–Crippen LogP) is 7.50. The third kappa shape index (κ3) is 7.90. The second kappa shape index (κ2) is 15.2. The number of methoxy groups -OCH3 is 1. The summed E-state index contributed by atoms with van der Waals surface area (Å²) in [6.07, 6.45) is 5.24. The number of aryl methyl sites for hydroxylation is 1. The van der Waals surface area contributed by atoms with E-state index in [4.69, 9.17) is 24.5 Å². The maximum absolute atomic E-state index is 14.1. The van der Waals surface area contributed by atoms with Crippen LogP contribution in [-0.4, -0.2) is 58.9 Å². The lowest BCUT2D eigenvalue weighted by atomic mass is 10.1. The van der Waals surface area contributed by atoms with Gasteiger partial charge < -0.3 is 19.4 Å². The highest BCUT2D eigenvalue weighted by atomic mass is 32.2. The van der Waals surface area contributed by atoms with Gasteiger partial charge in [0, 0.05) is 38.3 Å². The molecular weight excluding hydrogens is 733 g/mol. The minimum absolute atomic E-state index is 0.107. The molecule has 3 aromatic carbocycles. The topological polar surface area (TPSA) is 147 Å². The zero-order valence-electron chi connectivity index (χ0n) is 31.6. The largest absolute Gasteiger partial charge is 0.497 e. The number of fused-ring (bicyclic) bond motifs is 2. The van der Waals surface area contributed by atoms with Crippen LogP contribution in [0.25, 0.3) is 33.4 Å². The van der Waals surface area contributed by atoms with E-state index in [2.05, 4.69) is 29.7 Å². The van der Waals surface area contributed by atoms with Gasteiger partial charge in [0.1, 0.15) is 35.8 Å². The first-order chi connectivity index (χ1) is 26.3. The molecule has 0 aliphatic carbocycles. The Balaban J connectivity index is 1.30. The van der Waals surface area contributed by atoms with Crippen molar-refractivity contribution in [2.75, 3.05) is 23.8 Å². The van der Waals surface area contributed by atoms with Gasteiger partial charge in [-0.3, -0.25) is 14.1 Å². The zero-order valence-corrected chi connectivity index (χ0v) is 33.5. The molecular formula is C40H44N8O5SSi. The molecule has 7 aromatic rings. The van der Waals surface area contributed by atoms with Gasteiger partial charge in [-0.25, -0.2) is 22.9 Å². The van der Waals surface area contributed by atoms with Gasteiger partial charge >= 0.3 is 0 Å². The van der Waals surface area contributed by atoms with Crippen molar-refractivity contribution in [2.45, 2.75) is 57.2 Å². The van der Waals surface area contributed by atoms with Crippen molar-refractivity contribution in [3.05, 3.63) is 125 Å². The van der Waals surface area contributed by atoms with Crippen LogP contribution in [-0.2, 0) is 21.5 Å². The Kier molecular flexibility index (Phi) is 10.3. The number of hydrogen-bond donors (Lipinski definition) is 2. The summed E-state index contributed by atoms with van der Waals surface area (Å²) < 4.78 is 46.1. The summed E-state index contributed by atoms with van der Waals surface area (Å²) in [5.41, 5.74) is 4.34. The normalized spacial score (nSPS) is 12.6. The number of hydrogen-bond acceptors (Lipinski definition) is 9. The number of benzene rings is 3. The van der Waals surface area contributed by atoms with Gasteiger partial charge in [0.05, 0.1) is 29.1 Å². The Labute approximate surface area is 320 Å². The summed E-state index contributed by atoms with van der Waals surface area (Å²) in [6.45, 7) is 11.6. The highest BCUT2D eigenvalue weighted by Crippen LogP contribution is 2.36. The summed E-state index contributed by atoms with van der Waals surface area (Å²) in [5.74, 6) is 1.55. The number of rotatable bonds is 14. The molecule has 7 rings (SSSR count). The van der Waals surface area contributed by atoms with Gasteiger partial charge in [0.25, 0.3) is 15.6 Å². The molecule has 0 saturated heterocycles. The minimum atomic E-state index is -3.90. The van der Waals surface area contributed by atoms with E-state index in [-0.39, 0.29) is 17.2 Å².